The van der Waals surface area contributed by atoms with Gasteiger partial charge in [0.25, 0.3) is 0 Å². The lowest BCUT2D eigenvalue weighted by molar-refractivity contribution is 0.269. The minimum absolute atomic E-state index is 0.00877. The van der Waals surface area contributed by atoms with E-state index in [1.807, 2.05) is 12.1 Å². The lowest BCUT2D eigenvalue weighted by Crippen LogP contribution is -2.16. The Hall–Kier alpha value is -2.90. The Morgan fingerprint density at radius 2 is 0.868 bits per heavy atom. The molecule has 0 spiro atoms. The molecule has 2 atom stereocenters. The molecule has 38 heavy (non-hydrogen) atoms. The molecule has 0 radical (unpaired) electrons. The highest BCUT2D eigenvalue weighted by Gasteiger charge is 2.28. The molecular formula is C32H42O6. The quantitative estimate of drug-likeness (QED) is 0.161. The van der Waals surface area contributed by atoms with E-state index in [2.05, 4.69) is 26.0 Å². The average Bonchev–Trinajstić information content (AvgIpc) is 2.94. The van der Waals surface area contributed by atoms with E-state index in [1.54, 1.807) is 24.3 Å². The van der Waals surface area contributed by atoms with Gasteiger partial charge in [-0.15, -0.1) is 0 Å². The predicted octanol–water partition coefficient (Wildman–Crippen LogP) is 5.71. The maximum atomic E-state index is 10.2. The topological polar surface area (TPSA) is 121 Å². The molecule has 0 aliphatic heterocycles. The smallest absolute Gasteiger partial charge is 0.116 e. The molecule has 3 rings (SSSR count). The highest BCUT2D eigenvalue weighted by Crippen LogP contribution is 2.44. The van der Waals surface area contributed by atoms with Gasteiger partial charge in [-0.05, 0) is 81.6 Å². The minimum Gasteiger partial charge on any atom is -0.508 e. The highest BCUT2D eigenvalue weighted by molar-refractivity contribution is 5.53. The van der Waals surface area contributed by atoms with Gasteiger partial charge < -0.3 is 30.6 Å². The number of phenolic OH excluding ortho intramolecular Hbond substituents is 2. The van der Waals surface area contributed by atoms with Crippen LogP contribution in [0.5, 0.6) is 11.5 Å². The van der Waals surface area contributed by atoms with Crippen LogP contribution >= 0.6 is 0 Å². The molecule has 6 N–H and O–H groups in total. The Morgan fingerprint density at radius 3 is 1.13 bits per heavy atom. The van der Waals surface area contributed by atoms with Crippen LogP contribution in [0, 0.1) is 0 Å². The number of aromatic hydroxyl groups is 2. The van der Waals surface area contributed by atoms with E-state index in [4.69, 9.17) is 0 Å². The first-order valence-corrected chi connectivity index (χ1v) is 13.6. The zero-order valence-corrected chi connectivity index (χ0v) is 22.5. The Bertz CT molecular complexity index is 1050. The summed E-state index contributed by atoms with van der Waals surface area (Å²) in [4.78, 5) is 0. The standard InChI is InChI=1S/C32H42O6/c1-3-5-9-29(31-21(17-33)13-25(37)14-22(31)18-34)27-11-7-8-12-28(27)30(10-6-4-2)32-23(19-35)15-26(38)16-24(32)20-36/h7-8,11-16,29-30,33-38H,3-6,9-10,17-20H2,1-2H3/t29-,30?/m1/s1. The van der Waals surface area contributed by atoms with Gasteiger partial charge in [-0.1, -0.05) is 63.8 Å². The van der Waals surface area contributed by atoms with Crippen LogP contribution in [-0.2, 0) is 26.4 Å². The Morgan fingerprint density at radius 1 is 0.553 bits per heavy atom. The molecule has 0 aromatic heterocycles. The fourth-order valence-corrected chi connectivity index (χ4v) is 5.81. The first-order chi connectivity index (χ1) is 18.4. The molecule has 3 aromatic carbocycles. The molecule has 0 amide bonds. The number of hydrogen-bond acceptors (Lipinski definition) is 6. The molecule has 0 heterocycles. The second kappa shape index (κ2) is 14.3. The van der Waals surface area contributed by atoms with Gasteiger partial charge in [-0.3, -0.25) is 0 Å². The number of unbranched alkanes of at least 4 members (excludes halogenated alkanes) is 2. The molecule has 0 fully saturated rings. The van der Waals surface area contributed by atoms with E-state index in [9.17, 15) is 30.6 Å². The van der Waals surface area contributed by atoms with Crippen molar-refractivity contribution in [2.75, 3.05) is 0 Å². The zero-order valence-electron chi connectivity index (χ0n) is 22.5. The van der Waals surface area contributed by atoms with Crippen LogP contribution in [0.2, 0.25) is 0 Å². The van der Waals surface area contributed by atoms with Gasteiger partial charge >= 0.3 is 0 Å². The SMILES string of the molecule is CCCCC(c1ccccc1[C@@H](CCCC)c1c(CO)cc(O)cc1CO)c1c(CO)cc(O)cc1CO. The summed E-state index contributed by atoms with van der Waals surface area (Å²) in [7, 11) is 0. The third-order valence-electron chi connectivity index (χ3n) is 7.49. The van der Waals surface area contributed by atoms with E-state index in [0.717, 1.165) is 60.8 Å². The van der Waals surface area contributed by atoms with Gasteiger partial charge in [-0.25, -0.2) is 0 Å². The summed E-state index contributed by atoms with van der Waals surface area (Å²) in [6.45, 7) is 3.21. The Labute approximate surface area is 225 Å². The maximum absolute atomic E-state index is 10.2. The van der Waals surface area contributed by atoms with Crippen molar-refractivity contribution in [2.24, 2.45) is 0 Å². The average molecular weight is 523 g/mol. The monoisotopic (exact) mass is 522 g/mol. The van der Waals surface area contributed by atoms with Crippen molar-refractivity contribution in [1.82, 2.24) is 0 Å². The largest absolute Gasteiger partial charge is 0.508 e. The Balaban J connectivity index is 2.32. The first kappa shape index (κ1) is 29.7. The van der Waals surface area contributed by atoms with Crippen molar-refractivity contribution in [3.05, 3.63) is 93.0 Å². The first-order valence-electron chi connectivity index (χ1n) is 13.6. The molecule has 6 heteroatoms. The van der Waals surface area contributed by atoms with E-state index in [1.165, 1.54) is 0 Å². The van der Waals surface area contributed by atoms with Gasteiger partial charge in [0, 0.05) is 11.8 Å². The Kier molecular flexibility index (Phi) is 11.2. The molecule has 0 saturated carbocycles. The normalized spacial score (nSPS) is 13.0. The van der Waals surface area contributed by atoms with Crippen molar-refractivity contribution in [2.45, 2.75) is 90.6 Å². The van der Waals surface area contributed by atoms with Crippen LogP contribution in [-0.4, -0.2) is 30.6 Å². The molecule has 0 bridgehead atoms. The van der Waals surface area contributed by atoms with Crippen LogP contribution in [0.15, 0.2) is 48.5 Å². The molecule has 0 aliphatic rings. The van der Waals surface area contributed by atoms with Gasteiger partial charge in [0.05, 0.1) is 26.4 Å². The second-order valence-corrected chi connectivity index (χ2v) is 10.0. The van der Waals surface area contributed by atoms with Crippen LogP contribution in [0.3, 0.4) is 0 Å². The lowest BCUT2D eigenvalue weighted by atomic mass is 9.74. The van der Waals surface area contributed by atoms with Crippen molar-refractivity contribution < 1.29 is 30.6 Å². The third-order valence-corrected chi connectivity index (χ3v) is 7.49. The van der Waals surface area contributed by atoms with Gasteiger partial charge in [0.15, 0.2) is 0 Å². The van der Waals surface area contributed by atoms with Crippen molar-refractivity contribution in [3.63, 3.8) is 0 Å². The van der Waals surface area contributed by atoms with Crippen LogP contribution in [0.4, 0.5) is 0 Å². The molecule has 1 unspecified atom stereocenters. The fraction of sp³-hybridized carbons (Fsp3) is 0.438. The van der Waals surface area contributed by atoms with Crippen LogP contribution < -0.4 is 0 Å². The van der Waals surface area contributed by atoms with Crippen LogP contribution in [0.1, 0.15) is 109 Å². The second-order valence-electron chi connectivity index (χ2n) is 10.0. The summed E-state index contributed by atoms with van der Waals surface area (Å²) in [6, 6.07) is 14.4. The maximum Gasteiger partial charge on any atom is 0.116 e. The number of aliphatic hydroxyl groups excluding tert-OH is 4. The third kappa shape index (κ3) is 6.56. The number of benzene rings is 3. The van der Waals surface area contributed by atoms with Gasteiger partial charge in [-0.2, -0.15) is 0 Å². The van der Waals surface area contributed by atoms with Crippen molar-refractivity contribution in [1.29, 1.82) is 0 Å². The summed E-state index contributed by atoms with van der Waals surface area (Å²) in [6.07, 6.45) is 5.37. The van der Waals surface area contributed by atoms with E-state index in [-0.39, 0.29) is 49.8 Å². The summed E-state index contributed by atoms with van der Waals surface area (Å²) >= 11 is 0. The van der Waals surface area contributed by atoms with Crippen molar-refractivity contribution >= 4 is 0 Å². The summed E-state index contributed by atoms with van der Waals surface area (Å²) in [5.74, 6) is -0.274. The molecular weight excluding hydrogens is 480 g/mol. The molecule has 3 aromatic rings. The van der Waals surface area contributed by atoms with Crippen molar-refractivity contribution in [3.8, 4) is 11.5 Å². The predicted molar refractivity (Wildman–Crippen MR) is 149 cm³/mol. The number of phenols is 2. The zero-order chi connectivity index (χ0) is 27.7. The number of hydrogen-bond donors (Lipinski definition) is 6. The summed E-state index contributed by atoms with van der Waals surface area (Å²) < 4.78 is 0. The summed E-state index contributed by atoms with van der Waals surface area (Å²) in [5.41, 5.74) is 6.13. The number of aliphatic hydroxyl groups is 4. The minimum atomic E-state index is -0.262. The van der Waals surface area contributed by atoms with Gasteiger partial charge in [0.2, 0.25) is 0 Å². The highest BCUT2D eigenvalue weighted by atomic mass is 16.3. The fourth-order valence-electron chi connectivity index (χ4n) is 5.81. The summed E-state index contributed by atoms with van der Waals surface area (Å²) in [5, 5.41) is 61.5. The van der Waals surface area contributed by atoms with Gasteiger partial charge in [0.1, 0.15) is 11.5 Å². The molecule has 0 aliphatic carbocycles. The molecule has 206 valence electrons. The number of rotatable bonds is 14. The van der Waals surface area contributed by atoms with E-state index >= 15 is 0 Å². The van der Waals surface area contributed by atoms with Crippen LogP contribution in [0.25, 0.3) is 0 Å². The molecule has 0 saturated heterocycles. The lowest BCUT2D eigenvalue weighted by Gasteiger charge is -2.30. The van der Waals surface area contributed by atoms with E-state index in [0.29, 0.717) is 22.3 Å². The molecule has 6 nitrogen and oxygen atoms in total. The van der Waals surface area contributed by atoms with E-state index < -0.39 is 0 Å².